The summed E-state index contributed by atoms with van der Waals surface area (Å²) < 4.78 is 29.1. The van der Waals surface area contributed by atoms with E-state index in [1.165, 1.54) is 6.07 Å². The van der Waals surface area contributed by atoms with Crippen LogP contribution in [-0.4, -0.2) is 38.5 Å². The van der Waals surface area contributed by atoms with Crippen LogP contribution in [0.5, 0.6) is 0 Å². The summed E-state index contributed by atoms with van der Waals surface area (Å²) >= 11 is 0. The van der Waals surface area contributed by atoms with E-state index in [4.69, 9.17) is 9.31 Å². The van der Waals surface area contributed by atoms with Crippen molar-refractivity contribution >= 4 is 7.12 Å². The minimum absolute atomic E-state index is 0.218. The van der Waals surface area contributed by atoms with Crippen molar-refractivity contribution in [1.82, 2.24) is 25.5 Å². The maximum Gasteiger partial charge on any atom is 0.457 e. The molecule has 1 aromatic heterocycles. The van der Waals surface area contributed by atoms with Crippen molar-refractivity contribution in [3.8, 4) is 0 Å². The number of hydrogen-bond donors (Lipinski definition) is 1. The maximum atomic E-state index is 14.8. The Morgan fingerprint density at radius 1 is 0.745 bits per heavy atom. The fraction of sp³-hybridized carbons (Fsp3) is 0.342. The lowest BCUT2D eigenvalue weighted by Gasteiger charge is -2.40. The van der Waals surface area contributed by atoms with Crippen LogP contribution in [0.15, 0.2) is 115 Å². The van der Waals surface area contributed by atoms with Gasteiger partial charge >= 0.3 is 7.12 Å². The van der Waals surface area contributed by atoms with E-state index in [9.17, 15) is 4.39 Å². The molecule has 0 bridgehead atoms. The fourth-order valence-corrected chi connectivity index (χ4v) is 6.45. The normalized spacial score (nSPS) is 16.3. The van der Waals surface area contributed by atoms with Gasteiger partial charge in [0.25, 0.3) is 0 Å². The van der Waals surface area contributed by atoms with Gasteiger partial charge in [-0.05, 0) is 73.6 Å². The largest absolute Gasteiger partial charge is 0.457 e. The Kier molecular flexibility index (Phi) is 9.68. The quantitative estimate of drug-likeness (QED) is 0.0814. The highest BCUT2D eigenvalue weighted by molar-refractivity contribution is 6.45. The summed E-state index contributed by atoms with van der Waals surface area (Å²) in [5.74, 6) is 0.365. The molecule has 47 heavy (non-hydrogen) atoms. The molecule has 0 saturated carbocycles. The Morgan fingerprint density at radius 2 is 1.26 bits per heavy atom. The predicted molar refractivity (Wildman–Crippen MR) is 183 cm³/mol. The first-order chi connectivity index (χ1) is 22.7. The number of tetrazole rings is 1. The number of benzene rings is 4. The molecule has 1 aliphatic heterocycles. The molecule has 1 aliphatic rings. The molecule has 5 aromatic rings. The second kappa shape index (κ2) is 13.9. The molecule has 1 fully saturated rings. The van der Waals surface area contributed by atoms with Crippen molar-refractivity contribution < 1.29 is 13.7 Å². The van der Waals surface area contributed by atoms with E-state index in [1.54, 1.807) is 16.8 Å². The zero-order valence-corrected chi connectivity index (χ0v) is 27.6. The Labute approximate surface area is 277 Å². The summed E-state index contributed by atoms with van der Waals surface area (Å²) in [5.41, 5.74) is 2.33. The Hall–Kier alpha value is -4.18. The fourth-order valence-electron chi connectivity index (χ4n) is 6.45. The topological polar surface area (TPSA) is 74.1 Å². The highest BCUT2D eigenvalue weighted by atomic mass is 19.1. The number of nitrogens with zero attached hydrogens (tertiary/aromatic N) is 4. The molecule has 9 heteroatoms. The van der Waals surface area contributed by atoms with Crippen LogP contribution in [-0.2, 0) is 21.4 Å². The van der Waals surface area contributed by atoms with Crippen LogP contribution in [0.25, 0.3) is 0 Å². The Morgan fingerprint density at radius 3 is 1.79 bits per heavy atom. The van der Waals surface area contributed by atoms with Gasteiger partial charge in [0, 0.05) is 5.56 Å². The number of halogens is 1. The zero-order valence-electron chi connectivity index (χ0n) is 27.6. The summed E-state index contributed by atoms with van der Waals surface area (Å²) in [6, 6.07) is 37.9. The monoisotopic (exact) mass is 631 g/mol. The standard InChI is InChI=1S/C38H43BFN5O2/c1-36(2)37(3,4)47-39(46-36)27-17-16-26-34(35-42-43-44-45(35)28-29-18-14-15-25-33(29)40)41-38(30-19-8-5-9-20-30,31-21-10-6-11-22-31)32-23-12-7-13-24-32/h5-15,18-25,34,41H,16-17,26-28H2,1-4H3. The van der Waals surface area contributed by atoms with Crippen molar-refractivity contribution in [2.75, 3.05) is 0 Å². The molecule has 0 aliphatic carbocycles. The third-order valence-electron chi connectivity index (χ3n) is 9.65. The highest BCUT2D eigenvalue weighted by Gasteiger charge is 2.50. The Bertz CT molecular complexity index is 1620. The van der Waals surface area contributed by atoms with Gasteiger partial charge in [-0.3, -0.25) is 5.32 Å². The van der Waals surface area contributed by atoms with Crippen LogP contribution >= 0.6 is 0 Å². The second-order valence-corrected chi connectivity index (χ2v) is 13.3. The summed E-state index contributed by atoms with van der Waals surface area (Å²) in [6.07, 6.45) is 3.26. The van der Waals surface area contributed by atoms with Crippen molar-refractivity contribution in [2.24, 2.45) is 0 Å². The van der Waals surface area contributed by atoms with E-state index in [-0.39, 0.29) is 36.7 Å². The van der Waals surface area contributed by atoms with Crippen molar-refractivity contribution in [3.05, 3.63) is 149 Å². The molecule has 0 amide bonds. The van der Waals surface area contributed by atoms with Crippen LogP contribution in [0, 0.1) is 5.82 Å². The zero-order chi connectivity index (χ0) is 32.9. The van der Waals surface area contributed by atoms with Crippen molar-refractivity contribution in [3.63, 3.8) is 0 Å². The molecule has 1 atom stereocenters. The smallest absolute Gasteiger partial charge is 0.403 e. The minimum atomic E-state index is -0.741. The molecule has 1 unspecified atom stereocenters. The van der Waals surface area contributed by atoms with Gasteiger partial charge in [0.2, 0.25) is 0 Å². The van der Waals surface area contributed by atoms with Crippen LogP contribution in [0.4, 0.5) is 4.39 Å². The number of aromatic nitrogens is 4. The van der Waals surface area contributed by atoms with Gasteiger partial charge in [-0.15, -0.1) is 5.10 Å². The summed E-state index contributed by atoms with van der Waals surface area (Å²) in [7, 11) is -0.255. The lowest BCUT2D eigenvalue weighted by atomic mass is 9.76. The van der Waals surface area contributed by atoms with Crippen molar-refractivity contribution in [2.45, 2.75) is 82.6 Å². The van der Waals surface area contributed by atoms with E-state index < -0.39 is 5.54 Å². The number of unbranched alkanes of at least 4 members (excludes halogenated alkanes) is 1. The molecule has 6 rings (SSSR count). The first-order valence-electron chi connectivity index (χ1n) is 16.5. The van der Waals surface area contributed by atoms with Crippen LogP contribution in [0.1, 0.15) is 81.1 Å². The number of rotatable bonds is 13. The molecule has 7 nitrogen and oxygen atoms in total. The minimum Gasteiger partial charge on any atom is -0.403 e. The lowest BCUT2D eigenvalue weighted by Crippen LogP contribution is -2.47. The van der Waals surface area contributed by atoms with Crippen LogP contribution in [0.3, 0.4) is 0 Å². The van der Waals surface area contributed by atoms with Crippen LogP contribution in [0.2, 0.25) is 6.32 Å². The molecule has 1 saturated heterocycles. The second-order valence-electron chi connectivity index (χ2n) is 13.3. The van der Waals surface area contributed by atoms with Gasteiger partial charge in [0.1, 0.15) is 5.82 Å². The predicted octanol–water partition coefficient (Wildman–Crippen LogP) is 7.75. The van der Waals surface area contributed by atoms with E-state index in [0.717, 1.165) is 42.3 Å². The average molecular weight is 632 g/mol. The average Bonchev–Trinajstić information content (AvgIpc) is 3.62. The van der Waals surface area contributed by atoms with Gasteiger partial charge < -0.3 is 9.31 Å². The summed E-state index contributed by atoms with van der Waals surface area (Å²) in [5, 5.41) is 17.1. The van der Waals surface area contributed by atoms with Crippen LogP contribution < -0.4 is 5.32 Å². The molecule has 0 radical (unpaired) electrons. The van der Waals surface area contributed by atoms with Gasteiger partial charge in [-0.25, -0.2) is 9.07 Å². The Balaban J connectivity index is 1.37. The number of hydrogen-bond acceptors (Lipinski definition) is 6. The van der Waals surface area contributed by atoms with Gasteiger partial charge in [-0.1, -0.05) is 122 Å². The number of nitrogens with one attached hydrogen (secondary N) is 1. The van der Waals surface area contributed by atoms with E-state index in [2.05, 4.69) is 121 Å². The molecule has 1 N–H and O–H groups in total. The highest BCUT2D eigenvalue weighted by Crippen LogP contribution is 2.41. The maximum absolute atomic E-state index is 14.8. The summed E-state index contributed by atoms with van der Waals surface area (Å²) in [6.45, 7) is 8.55. The molecule has 0 spiro atoms. The first kappa shape index (κ1) is 32.8. The lowest BCUT2D eigenvalue weighted by molar-refractivity contribution is 0.00578. The van der Waals surface area contributed by atoms with Gasteiger partial charge in [-0.2, -0.15) is 0 Å². The third-order valence-corrected chi connectivity index (χ3v) is 9.65. The van der Waals surface area contributed by atoms with E-state index >= 15 is 0 Å². The SMILES string of the molecule is CC1(C)OB(CCCCC(NC(c2ccccc2)(c2ccccc2)c2ccccc2)c2nnnn2Cc2ccccc2F)OC1(C)C. The van der Waals surface area contributed by atoms with E-state index in [1.807, 2.05) is 24.3 Å². The molecule has 4 aromatic carbocycles. The summed E-state index contributed by atoms with van der Waals surface area (Å²) in [4.78, 5) is 0. The molecular formula is C38H43BFN5O2. The van der Waals surface area contributed by atoms with E-state index in [0.29, 0.717) is 11.4 Å². The van der Waals surface area contributed by atoms with Crippen molar-refractivity contribution in [1.29, 1.82) is 0 Å². The molecule has 242 valence electrons. The third kappa shape index (κ3) is 6.93. The molecule has 2 heterocycles. The van der Waals surface area contributed by atoms with Gasteiger partial charge in [0.15, 0.2) is 5.82 Å². The first-order valence-corrected chi connectivity index (χ1v) is 16.5. The molecular weight excluding hydrogens is 588 g/mol. The van der Waals surface area contributed by atoms with Gasteiger partial charge in [0.05, 0.1) is 29.3 Å².